The number of rotatable bonds is 4. The quantitative estimate of drug-likeness (QED) is 0.811. The number of carbonyl (C=O) groups excluding carboxylic acids is 1. The van der Waals surface area contributed by atoms with E-state index in [1.807, 2.05) is 17.8 Å². The highest BCUT2D eigenvalue weighted by atomic mass is 32.2. The zero-order valence-corrected chi connectivity index (χ0v) is 12.9. The minimum Gasteiger partial charge on any atom is -0.384 e. The van der Waals surface area contributed by atoms with Gasteiger partial charge in [-0.2, -0.15) is 11.8 Å². The third kappa shape index (κ3) is 4.84. The molecule has 108 valence electrons. The number of aliphatic hydroxyl groups excluding tert-OH is 1. The summed E-state index contributed by atoms with van der Waals surface area (Å²) in [6.07, 6.45) is 0. The van der Waals surface area contributed by atoms with Crippen molar-refractivity contribution in [3.05, 3.63) is 21.9 Å². The largest absolute Gasteiger partial charge is 0.384 e. The lowest BCUT2D eigenvalue weighted by Gasteiger charge is -2.25. The molecule has 0 radical (unpaired) electrons. The first-order valence-electron chi connectivity index (χ1n) is 6.57. The van der Waals surface area contributed by atoms with Crippen molar-refractivity contribution in [3.8, 4) is 11.8 Å². The van der Waals surface area contributed by atoms with Crippen LogP contribution in [0.25, 0.3) is 0 Å². The van der Waals surface area contributed by atoms with Crippen LogP contribution in [0.15, 0.2) is 12.1 Å². The minimum absolute atomic E-state index is 0.0431. The number of thioether (sulfide) groups is 1. The highest BCUT2D eigenvalue weighted by molar-refractivity contribution is 7.99. The van der Waals surface area contributed by atoms with E-state index in [-0.39, 0.29) is 12.5 Å². The number of carbonyl (C=O) groups is 1. The second kappa shape index (κ2) is 8.32. The van der Waals surface area contributed by atoms with E-state index in [9.17, 15) is 4.79 Å². The Bertz CT molecular complexity index is 499. The average Bonchev–Trinajstić information content (AvgIpc) is 2.95. The minimum atomic E-state index is -0.159. The van der Waals surface area contributed by atoms with E-state index >= 15 is 0 Å². The zero-order valence-electron chi connectivity index (χ0n) is 11.2. The summed E-state index contributed by atoms with van der Waals surface area (Å²) in [5, 5.41) is 11.6. The molecule has 0 bridgehead atoms. The van der Waals surface area contributed by atoms with Crippen LogP contribution >= 0.6 is 23.1 Å². The molecule has 0 atom stereocenters. The monoisotopic (exact) mass is 310 g/mol. The highest BCUT2D eigenvalue weighted by Gasteiger charge is 2.11. The van der Waals surface area contributed by atoms with Gasteiger partial charge in [-0.25, -0.2) is 0 Å². The lowest BCUT2D eigenvalue weighted by Crippen LogP contribution is -2.39. The van der Waals surface area contributed by atoms with Crippen molar-refractivity contribution in [2.75, 3.05) is 44.3 Å². The summed E-state index contributed by atoms with van der Waals surface area (Å²) in [6, 6.07) is 3.59. The molecular formula is C14H18N2O2S2. The first-order chi connectivity index (χ1) is 9.79. The first-order valence-corrected chi connectivity index (χ1v) is 8.54. The summed E-state index contributed by atoms with van der Waals surface area (Å²) in [4.78, 5) is 15.8. The van der Waals surface area contributed by atoms with Crippen molar-refractivity contribution in [1.82, 2.24) is 10.2 Å². The fourth-order valence-corrected chi connectivity index (χ4v) is 3.67. The molecule has 4 nitrogen and oxygen atoms in total. The van der Waals surface area contributed by atoms with Crippen LogP contribution in [-0.2, 0) is 0 Å². The maximum Gasteiger partial charge on any atom is 0.261 e. The van der Waals surface area contributed by atoms with Gasteiger partial charge in [-0.3, -0.25) is 9.69 Å². The van der Waals surface area contributed by atoms with Crippen LogP contribution in [0.5, 0.6) is 0 Å². The molecule has 20 heavy (non-hydrogen) atoms. The van der Waals surface area contributed by atoms with Crippen molar-refractivity contribution in [3.63, 3.8) is 0 Å². The lowest BCUT2D eigenvalue weighted by molar-refractivity contribution is 0.0953. The average molecular weight is 310 g/mol. The van der Waals surface area contributed by atoms with Crippen molar-refractivity contribution in [1.29, 1.82) is 0 Å². The summed E-state index contributed by atoms with van der Waals surface area (Å²) < 4.78 is 0. The van der Waals surface area contributed by atoms with Crippen molar-refractivity contribution >= 4 is 29.0 Å². The Morgan fingerprint density at radius 2 is 2.20 bits per heavy atom. The topological polar surface area (TPSA) is 52.6 Å². The van der Waals surface area contributed by atoms with Gasteiger partial charge in [0.1, 0.15) is 6.61 Å². The highest BCUT2D eigenvalue weighted by Crippen LogP contribution is 2.15. The Morgan fingerprint density at radius 1 is 1.40 bits per heavy atom. The van der Waals surface area contributed by atoms with E-state index in [1.165, 1.54) is 22.8 Å². The Labute approximate surface area is 127 Å². The van der Waals surface area contributed by atoms with Gasteiger partial charge in [0.15, 0.2) is 0 Å². The van der Waals surface area contributed by atoms with E-state index in [2.05, 4.69) is 22.1 Å². The van der Waals surface area contributed by atoms with Crippen molar-refractivity contribution < 1.29 is 9.90 Å². The van der Waals surface area contributed by atoms with Gasteiger partial charge in [-0.1, -0.05) is 11.8 Å². The van der Waals surface area contributed by atoms with Gasteiger partial charge < -0.3 is 10.4 Å². The molecule has 1 aromatic rings. The van der Waals surface area contributed by atoms with Crippen molar-refractivity contribution in [2.24, 2.45) is 0 Å². The van der Waals surface area contributed by atoms with Crippen LogP contribution in [0.4, 0.5) is 0 Å². The number of nitrogens with zero attached hydrogens (tertiary/aromatic N) is 1. The third-order valence-corrected chi connectivity index (χ3v) is 4.88. The second-order valence-electron chi connectivity index (χ2n) is 4.33. The van der Waals surface area contributed by atoms with Gasteiger partial charge in [0.05, 0.1) is 9.75 Å². The normalized spacial score (nSPS) is 15.4. The Balaban J connectivity index is 1.75. The van der Waals surface area contributed by atoms with Gasteiger partial charge in [0, 0.05) is 37.7 Å². The van der Waals surface area contributed by atoms with Crippen LogP contribution in [0.3, 0.4) is 0 Å². The van der Waals surface area contributed by atoms with E-state index in [4.69, 9.17) is 5.11 Å². The summed E-state index contributed by atoms with van der Waals surface area (Å²) in [6.45, 7) is 3.66. The summed E-state index contributed by atoms with van der Waals surface area (Å²) in [5.41, 5.74) is 0. The third-order valence-electron chi connectivity index (χ3n) is 2.94. The standard InChI is InChI=1S/C14H18N2O2S2/c17-9-1-2-12-3-4-13(20-12)14(18)15-5-6-16-7-10-19-11-8-16/h3-4,17H,5-11H2,(H,15,18). The molecule has 6 heteroatoms. The molecular weight excluding hydrogens is 292 g/mol. The molecule has 2 N–H and O–H groups in total. The number of amides is 1. The number of aliphatic hydroxyl groups is 1. The molecule has 1 aliphatic rings. The fourth-order valence-electron chi connectivity index (χ4n) is 1.89. The van der Waals surface area contributed by atoms with Crippen LogP contribution in [0, 0.1) is 11.8 Å². The Hall–Kier alpha value is -1.00. The zero-order chi connectivity index (χ0) is 14.2. The molecule has 0 aromatic carbocycles. The van der Waals surface area contributed by atoms with Crippen LogP contribution in [-0.4, -0.2) is 60.2 Å². The van der Waals surface area contributed by atoms with Gasteiger partial charge >= 0.3 is 0 Å². The van der Waals surface area contributed by atoms with Gasteiger partial charge in [0.2, 0.25) is 0 Å². The Morgan fingerprint density at radius 3 is 2.95 bits per heavy atom. The number of nitrogens with one attached hydrogen (secondary N) is 1. The lowest BCUT2D eigenvalue weighted by atomic mass is 10.4. The second-order valence-corrected chi connectivity index (χ2v) is 6.64. The van der Waals surface area contributed by atoms with E-state index in [0.717, 1.165) is 24.5 Å². The molecule has 1 fully saturated rings. The molecule has 1 aliphatic heterocycles. The summed E-state index contributed by atoms with van der Waals surface area (Å²) in [7, 11) is 0. The summed E-state index contributed by atoms with van der Waals surface area (Å²) >= 11 is 3.34. The fraction of sp³-hybridized carbons (Fsp3) is 0.500. The molecule has 2 rings (SSSR count). The van der Waals surface area contributed by atoms with Gasteiger partial charge in [0.25, 0.3) is 5.91 Å². The molecule has 0 unspecified atom stereocenters. The smallest absolute Gasteiger partial charge is 0.261 e. The number of hydrogen-bond acceptors (Lipinski definition) is 5. The molecule has 1 amide bonds. The summed E-state index contributed by atoms with van der Waals surface area (Å²) in [5.74, 6) is 7.71. The van der Waals surface area contributed by atoms with E-state index in [0.29, 0.717) is 11.4 Å². The van der Waals surface area contributed by atoms with E-state index in [1.54, 1.807) is 6.07 Å². The van der Waals surface area contributed by atoms with E-state index < -0.39 is 0 Å². The van der Waals surface area contributed by atoms with Gasteiger partial charge in [-0.05, 0) is 12.1 Å². The van der Waals surface area contributed by atoms with Crippen LogP contribution in [0.1, 0.15) is 14.5 Å². The molecule has 1 saturated heterocycles. The van der Waals surface area contributed by atoms with Crippen molar-refractivity contribution in [2.45, 2.75) is 0 Å². The maximum atomic E-state index is 12.0. The first kappa shape index (κ1) is 15.4. The van der Waals surface area contributed by atoms with Crippen LogP contribution in [0.2, 0.25) is 0 Å². The Kier molecular flexibility index (Phi) is 6.40. The maximum absolute atomic E-state index is 12.0. The molecule has 2 heterocycles. The molecule has 0 aliphatic carbocycles. The number of hydrogen-bond donors (Lipinski definition) is 2. The predicted molar refractivity (Wildman–Crippen MR) is 84.4 cm³/mol. The molecule has 0 saturated carbocycles. The molecule has 0 spiro atoms. The van der Waals surface area contributed by atoms with Gasteiger partial charge in [-0.15, -0.1) is 11.3 Å². The SMILES string of the molecule is O=C(NCCN1CCSCC1)c1ccc(C#CCO)s1. The molecule has 1 aromatic heterocycles. The predicted octanol–water partition coefficient (Wildman–Crippen LogP) is 0.871. The number of thiophene rings is 1. The van der Waals surface area contributed by atoms with Crippen LogP contribution < -0.4 is 5.32 Å².